The highest BCUT2D eigenvalue weighted by molar-refractivity contribution is 5.73. The number of carboxylic acid groups (broad SMARTS) is 1. The first-order chi connectivity index (χ1) is 15.2. The number of hydrogen-bond acceptors (Lipinski definition) is 6. The normalized spacial score (nSPS) is 18.1. The van der Waals surface area contributed by atoms with Crippen molar-refractivity contribution in [3.05, 3.63) is 17.7 Å². The number of carboxylic acids is 1. The van der Waals surface area contributed by atoms with Gasteiger partial charge in [-0.15, -0.1) is 0 Å². The molecule has 3 rings (SSSR count). The Kier molecular flexibility index (Phi) is 9.89. The molecule has 1 aliphatic heterocycles. The van der Waals surface area contributed by atoms with Crippen LogP contribution >= 0.6 is 0 Å². The second-order valence-corrected chi connectivity index (χ2v) is 8.06. The zero-order valence-corrected chi connectivity index (χ0v) is 18.9. The molecule has 0 spiro atoms. The van der Waals surface area contributed by atoms with Crippen LogP contribution in [-0.4, -0.2) is 81.1 Å². The van der Waals surface area contributed by atoms with Gasteiger partial charge in [0.1, 0.15) is 0 Å². The molecule has 0 unspecified atom stereocenters. The average Bonchev–Trinajstić information content (AvgIpc) is 3.27. The molecule has 1 heterocycles. The van der Waals surface area contributed by atoms with Crippen LogP contribution in [0.2, 0.25) is 0 Å². The molecule has 1 aliphatic carbocycles. The van der Waals surface area contributed by atoms with Crippen molar-refractivity contribution in [2.45, 2.75) is 38.4 Å². The lowest BCUT2D eigenvalue weighted by molar-refractivity contribution is -0.192. The maximum atomic E-state index is 10.6. The predicted molar refractivity (Wildman–Crippen MR) is 113 cm³/mol. The van der Waals surface area contributed by atoms with E-state index in [4.69, 9.17) is 24.1 Å². The van der Waals surface area contributed by atoms with Gasteiger partial charge in [0.15, 0.2) is 11.5 Å². The Balaban J connectivity index is 0.000000451. The number of carbonyl (C=O) groups is 1. The predicted octanol–water partition coefficient (Wildman–Crippen LogP) is 3.65. The molecule has 182 valence electrons. The van der Waals surface area contributed by atoms with Crippen LogP contribution in [0, 0.1) is 5.92 Å². The number of alkyl halides is 3. The molecule has 2 fully saturated rings. The summed E-state index contributed by atoms with van der Waals surface area (Å²) in [6.45, 7) is 6.85. The molecule has 2 aliphatic rings. The van der Waals surface area contributed by atoms with Gasteiger partial charge < -0.3 is 24.2 Å². The molecular weight excluding hydrogens is 429 g/mol. The molecule has 1 N–H and O–H groups in total. The molecule has 0 radical (unpaired) electrons. The van der Waals surface area contributed by atoms with Gasteiger partial charge >= 0.3 is 12.1 Å². The van der Waals surface area contributed by atoms with Crippen molar-refractivity contribution in [3.63, 3.8) is 0 Å². The lowest BCUT2D eigenvalue weighted by atomic mass is 10.1. The van der Waals surface area contributed by atoms with Crippen LogP contribution in [0.5, 0.6) is 17.2 Å². The third-order valence-electron chi connectivity index (χ3n) is 5.83. The number of piperazine rings is 1. The van der Waals surface area contributed by atoms with Crippen molar-refractivity contribution in [2.75, 3.05) is 54.1 Å². The van der Waals surface area contributed by atoms with Gasteiger partial charge in [0, 0.05) is 39.3 Å². The summed E-state index contributed by atoms with van der Waals surface area (Å²) >= 11 is 0. The summed E-state index contributed by atoms with van der Waals surface area (Å²) in [6, 6.07) is 4.12. The second-order valence-electron chi connectivity index (χ2n) is 8.06. The topological polar surface area (TPSA) is 71.5 Å². The number of nitrogens with zero attached hydrogens (tertiary/aromatic N) is 2. The Morgan fingerprint density at radius 1 is 0.969 bits per heavy atom. The number of halogens is 3. The Bertz CT molecular complexity index is 706. The standard InChI is InChI=1S/C20H32N2O3.C2HF3O2/c1-23-18-12-17(13-19(24-2)20(18)25-3)15-22-10-8-21(9-11-22)14-16-6-4-5-7-16;3-2(4,5)1(6)7/h12-13,16H,4-11,14-15H2,1-3H3;(H,6,7). The van der Waals surface area contributed by atoms with Crippen molar-refractivity contribution in [3.8, 4) is 17.2 Å². The number of benzene rings is 1. The summed E-state index contributed by atoms with van der Waals surface area (Å²) in [4.78, 5) is 14.1. The molecule has 7 nitrogen and oxygen atoms in total. The fourth-order valence-corrected chi connectivity index (χ4v) is 4.17. The van der Waals surface area contributed by atoms with Crippen LogP contribution in [0.25, 0.3) is 0 Å². The summed E-state index contributed by atoms with van der Waals surface area (Å²) in [7, 11) is 4.98. The Morgan fingerprint density at radius 3 is 1.84 bits per heavy atom. The van der Waals surface area contributed by atoms with Crippen LogP contribution in [-0.2, 0) is 11.3 Å². The highest BCUT2D eigenvalue weighted by Gasteiger charge is 2.38. The second kappa shape index (κ2) is 12.2. The Morgan fingerprint density at radius 2 is 1.44 bits per heavy atom. The van der Waals surface area contributed by atoms with Crippen molar-refractivity contribution in [1.29, 1.82) is 0 Å². The van der Waals surface area contributed by atoms with Crippen molar-refractivity contribution >= 4 is 5.97 Å². The van der Waals surface area contributed by atoms with Crippen molar-refractivity contribution in [2.24, 2.45) is 5.92 Å². The van der Waals surface area contributed by atoms with E-state index >= 15 is 0 Å². The van der Waals surface area contributed by atoms with Crippen LogP contribution in [0.1, 0.15) is 31.2 Å². The minimum absolute atomic E-state index is 0.662. The summed E-state index contributed by atoms with van der Waals surface area (Å²) in [6.07, 6.45) is 0.662. The maximum Gasteiger partial charge on any atom is 0.490 e. The molecule has 10 heteroatoms. The average molecular weight is 463 g/mol. The van der Waals surface area contributed by atoms with E-state index in [-0.39, 0.29) is 0 Å². The lowest BCUT2D eigenvalue weighted by Gasteiger charge is -2.36. The Hall–Kier alpha value is -2.20. The van der Waals surface area contributed by atoms with E-state index in [2.05, 4.69) is 21.9 Å². The zero-order valence-electron chi connectivity index (χ0n) is 18.9. The fraction of sp³-hybridized carbons (Fsp3) is 0.682. The van der Waals surface area contributed by atoms with E-state index in [1.807, 2.05) is 0 Å². The smallest absolute Gasteiger partial charge is 0.490 e. The first-order valence-electron chi connectivity index (χ1n) is 10.7. The van der Waals surface area contributed by atoms with E-state index in [0.29, 0.717) is 5.75 Å². The van der Waals surface area contributed by atoms with E-state index in [9.17, 15) is 13.2 Å². The number of ether oxygens (including phenoxy) is 3. The van der Waals surface area contributed by atoms with E-state index in [1.165, 1.54) is 50.9 Å². The van der Waals surface area contributed by atoms with Gasteiger partial charge in [-0.3, -0.25) is 4.90 Å². The number of aliphatic carboxylic acids is 1. The van der Waals surface area contributed by atoms with Gasteiger partial charge in [-0.05, 0) is 36.5 Å². The SMILES string of the molecule is COc1cc(CN2CCN(CC3CCCC3)CC2)cc(OC)c1OC.O=C(O)C(F)(F)F. The lowest BCUT2D eigenvalue weighted by Crippen LogP contribution is -2.47. The monoisotopic (exact) mass is 462 g/mol. The molecule has 32 heavy (non-hydrogen) atoms. The summed E-state index contributed by atoms with van der Waals surface area (Å²) in [5, 5.41) is 7.12. The maximum absolute atomic E-state index is 10.6. The molecule has 0 atom stereocenters. The third kappa shape index (κ3) is 7.74. The van der Waals surface area contributed by atoms with Gasteiger partial charge in [-0.2, -0.15) is 13.2 Å². The molecule has 1 saturated carbocycles. The molecule has 0 amide bonds. The van der Waals surface area contributed by atoms with E-state index in [0.717, 1.165) is 37.1 Å². The molecule has 0 aromatic heterocycles. The molecular formula is C22H33F3N2O5. The van der Waals surface area contributed by atoms with Gasteiger partial charge in [0.2, 0.25) is 5.75 Å². The quantitative estimate of drug-likeness (QED) is 0.663. The van der Waals surface area contributed by atoms with Gasteiger partial charge in [0.05, 0.1) is 21.3 Å². The van der Waals surface area contributed by atoms with E-state index in [1.54, 1.807) is 21.3 Å². The van der Waals surface area contributed by atoms with Crippen molar-refractivity contribution < 1.29 is 37.3 Å². The van der Waals surface area contributed by atoms with Gasteiger partial charge in [0.25, 0.3) is 0 Å². The fourth-order valence-electron chi connectivity index (χ4n) is 4.17. The van der Waals surface area contributed by atoms with Crippen LogP contribution < -0.4 is 14.2 Å². The minimum Gasteiger partial charge on any atom is -0.493 e. The highest BCUT2D eigenvalue weighted by atomic mass is 19.4. The summed E-state index contributed by atoms with van der Waals surface area (Å²) < 4.78 is 48.1. The molecule has 0 bridgehead atoms. The summed E-state index contributed by atoms with van der Waals surface area (Å²) in [5.74, 6) is 0.317. The first kappa shape index (κ1) is 26.1. The Labute approximate surface area is 187 Å². The number of hydrogen-bond donors (Lipinski definition) is 1. The molecule has 1 aromatic rings. The van der Waals surface area contributed by atoms with Gasteiger partial charge in [-0.1, -0.05) is 12.8 Å². The minimum atomic E-state index is -5.08. The molecule has 1 aromatic carbocycles. The number of methoxy groups -OCH3 is 3. The first-order valence-corrected chi connectivity index (χ1v) is 10.7. The zero-order chi connectivity index (χ0) is 23.7. The van der Waals surface area contributed by atoms with Gasteiger partial charge in [-0.25, -0.2) is 4.79 Å². The van der Waals surface area contributed by atoms with E-state index < -0.39 is 12.1 Å². The van der Waals surface area contributed by atoms with Crippen LogP contribution in [0.4, 0.5) is 13.2 Å². The summed E-state index contributed by atoms with van der Waals surface area (Å²) in [5.41, 5.74) is 1.21. The number of rotatable bonds is 7. The molecule has 1 saturated heterocycles. The van der Waals surface area contributed by atoms with Crippen LogP contribution in [0.15, 0.2) is 12.1 Å². The van der Waals surface area contributed by atoms with Crippen LogP contribution in [0.3, 0.4) is 0 Å². The van der Waals surface area contributed by atoms with Crippen molar-refractivity contribution in [1.82, 2.24) is 9.80 Å². The highest BCUT2D eigenvalue weighted by Crippen LogP contribution is 2.38. The largest absolute Gasteiger partial charge is 0.493 e. The third-order valence-corrected chi connectivity index (χ3v) is 5.83.